The molecule has 0 bridgehead atoms. The van der Waals surface area contributed by atoms with Crippen molar-refractivity contribution in [2.45, 2.75) is 6.92 Å². The second-order valence-corrected chi connectivity index (χ2v) is 3.52. The van der Waals surface area contributed by atoms with Gasteiger partial charge in [-0.3, -0.25) is 4.79 Å². The first-order valence-corrected chi connectivity index (χ1v) is 5.33. The van der Waals surface area contributed by atoms with Crippen LogP contribution in [0.15, 0.2) is 24.8 Å². The predicted octanol–water partition coefficient (Wildman–Crippen LogP) is 2.14. The molecule has 0 saturated carbocycles. The van der Waals surface area contributed by atoms with Crippen LogP contribution in [-0.4, -0.2) is 31.4 Å². The molecule has 1 aromatic rings. The third-order valence-corrected chi connectivity index (χ3v) is 2.11. The molecule has 0 aromatic heterocycles. The Morgan fingerprint density at radius 1 is 1.44 bits per heavy atom. The summed E-state index contributed by atoms with van der Waals surface area (Å²) in [6, 6.07) is 2.87. The summed E-state index contributed by atoms with van der Waals surface area (Å²) >= 11 is 0. The first kappa shape index (κ1) is 14.1. The molecule has 0 unspecified atom stereocenters. The number of carbonyl (C=O) groups excluding carboxylic acids is 1. The number of hydrogen-bond acceptors (Lipinski definition) is 5. The molecule has 0 saturated heterocycles. The number of ether oxygens (including phenoxy) is 3. The van der Waals surface area contributed by atoms with Crippen molar-refractivity contribution in [1.29, 1.82) is 0 Å². The van der Waals surface area contributed by atoms with E-state index in [9.17, 15) is 9.90 Å². The van der Waals surface area contributed by atoms with E-state index in [4.69, 9.17) is 14.2 Å². The van der Waals surface area contributed by atoms with E-state index < -0.39 is 0 Å². The minimum absolute atomic E-state index is 0.0414. The summed E-state index contributed by atoms with van der Waals surface area (Å²) in [6.07, 6.45) is 1.55. The van der Waals surface area contributed by atoms with Crippen molar-refractivity contribution in [3.05, 3.63) is 30.4 Å². The van der Waals surface area contributed by atoms with Gasteiger partial charge in [0.2, 0.25) is 0 Å². The lowest BCUT2D eigenvalue weighted by atomic mass is 10.1. The molecule has 0 atom stereocenters. The lowest BCUT2D eigenvalue weighted by Gasteiger charge is -2.12. The molecule has 0 amide bonds. The van der Waals surface area contributed by atoms with Crippen LogP contribution in [0.4, 0.5) is 0 Å². The average Bonchev–Trinajstić information content (AvgIpc) is 2.32. The van der Waals surface area contributed by atoms with Crippen molar-refractivity contribution in [2.24, 2.45) is 0 Å². The molecular formula is C13H16O5. The van der Waals surface area contributed by atoms with E-state index in [0.29, 0.717) is 5.75 Å². The van der Waals surface area contributed by atoms with E-state index >= 15 is 0 Å². The highest BCUT2D eigenvalue weighted by atomic mass is 16.7. The van der Waals surface area contributed by atoms with Crippen molar-refractivity contribution in [2.75, 3.05) is 20.5 Å². The van der Waals surface area contributed by atoms with E-state index in [1.807, 2.05) is 0 Å². The van der Waals surface area contributed by atoms with E-state index in [1.165, 1.54) is 26.2 Å². The fraction of sp³-hybridized carbons (Fsp3) is 0.308. The summed E-state index contributed by atoms with van der Waals surface area (Å²) in [5.41, 5.74) is 0.126. The summed E-state index contributed by atoms with van der Waals surface area (Å²) in [6.45, 7) is 5.14. The lowest BCUT2D eigenvalue weighted by molar-refractivity contribution is 0.0508. The van der Waals surface area contributed by atoms with Gasteiger partial charge in [0.05, 0.1) is 0 Å². The summed E-state index contributed by atoms with van der Waals surface area (Å²) in [7, 11) is 1.49. The molecule has 0 spiro atoms. The molecule has 5 heteroatoms. The van der Waals surface area contributed by atoms with Crippen LogP contribution in [0.25, 0.3) is 0 Å². The molecule has 98 valence electrons. The SMILES string of the molecule is C=CCOc1cc(OCOC)cc(O)c1C(C)=O. The Kier molecular flexibility index (Phi) is 5.20. The Hall–Kier alpha value is -2.01. The van der Waals surface area contributed by atoms with Gasteiger partial charge in [-0.2, -0.15) is 0 Å². The number of Topliss-reactive ketones (excluding diaryl/α,β-unsaturated/α-hetero) is 1. The molecule has 1 rings (SSSR count). The molecule has 1 N–H and O–H groups in total. The van der Waals surface area contributed by atoms with Crippen LogP contribution in [0.1, 0.15) is 17.3 Å². The number of aromatic hydroxyl groups is 1. The van der Waals surface area contributed by atoms with E-state index in [0.717, 1.165) is 0 Å². The molecule has 0 aliphatic carbocycles. The second-order valence-electron chi connectivity index (χ2n) is 3.52. The zero-order valence-electron chi connectivity index (χ0n) is 10.4. The normalized spacial score (nSPS) is 9.89. The van der Waals surface area contributed by atoms with Crippen molar-refractivity contribution in [3.8, 4) is 17.2 Å². The number of phenols is 1. The van der Waals surface area contributed by atoms with Crippen LogP contribution >= 0.6 is 0 Å². The van der Waals surface area contributed by atoms with Gasteiger partial charge in [0.1, 0.15) is 29.4 Å². The quantitative estimate of drug-likeness (QED) is 0.457. The number of phenolic OH excluding ortho intramolecular Hbond substituents is 1. The molecule has 5 nitrogen and oxygen atoms in total. The molecular weight excluding hydrogens is 236 g/mol. The second kappa shape index (κ2) is 6.66. The maximum Gasteiger partial charge on any atom is 0.188 e. The van der Waals surface area contributed by atoms with Crippen LogP contribution < -0.4 is 9.47 Å². The Balaban J connectivity index is 3.10. The molecule has 0 aliphatic heterocycles. The number of methoxy groups -OCH3 is 1. The van der Waals surface area contributed by atoms with Gasteiger partial charge in [-0.15, -0.1) is 0 Å². The molecule has 0 aliphatic rings. The predicted molar refractivity (Wildman–Crippen MR) is 66.3 cm³/mol. The first-order valence-electron chi connectivity index (χ1n) is 5.33. The van der Waals surface area contributed by atoms with Gasteiger partial charge >= 0.3 is 0 Å². The van der Waals surface area contributed by atoms with Crippen molar-refractivity contribution >= 4 is 5.78 Å². The summed E-state index contributed by atoms with van der Waals surface area (Å²) < 4.78 is 15.3. The smallest absolute Gasteiger partial charge is 0.188 e. The summed E-state index contributed by atoms with van der Waals surface area (Å²) in [5.74, 6) is 0.145. The highest BCUT2D eigenvalue weighted by molar-refractivity contribution is 5.99. The zero-order chi connectivity index (χ0) is 13.5. The first-order chi connectivity index (χ1) is 8.60. The summed E-state index contributed by atoms with van der Waals surface area (Å²) in [4.78, 5) is 11.4. The van der Waals surface area contributed by atoms with Crippen LogP contribution in [0.3, 0.4) is 0 Å². The van der Waals surface area contributed by atoms with Gasteiger partial charge in [0, 0.05) is 19.2 Å². The fourth-order valence-corrected chi connectivity index (χ4v) is 1.40. The van der Waals surface area contributed by atoms with E-state index in [1.54, 1.807) is 6.08 Å². The van der Waals surface area contributed by atoms with Crippen LogP contribution in [0.2, 0.25) is 0 Å². The monoisotopic (exact) mass is 252 g/mol. The van der Waals surface area contributed by atoms with Crippen molar-refractivity contribution in [1.82, 2.24) is 0 Å². The Morgan fingerprint density at radius 2 is 2.17 bits per heavy atom. The molecule has 0 fully saturated rings. The van der Waals surface area contributed by atoms with Gasteiger partial charge in [-0.05, 0) is 6.92 Å². The Morgan fingerprint density at radius 3 is 2.72 bits per heavy atom. The van der Waals surface area contributed by atoms with Gasteiger partial charge in [-0.25, -0.2) is 0 Å². The van der Waals surface area contributed by atoms with Gasteiger partial charge in [0.25, 0.3) is 0 Å². The standard InChI is InChI=1S/C13H16O5/c1-4-5-17-12-7-10(18-8-16-3)6-11(15)13(12)9(2)14/h4,6-7,15H,1,5,8H2,2-3H3. The largest absolute Gasteiger partial charge is 0.507 e. The number of carbonyl (C=O) groups is 1. The minimum Gasteiger partial charge on any atom is -0.507 e. The maximum atomic E-state index is 11.4. The molecule has 0 radical (unpaired) electrons. The van der Waals surface area contributed by atoms with Crippen molar-refractivity contribution < 1.29 is 24.1 Å². The zero-order valence-corrected chi connectivity index (χ0v) is 10.4. The average molecular weight is 252 g/mol. The van der Waals surface area contributed by atoms with E-state index in [2.05, 4.69) is 6.58 Å². The summed E-state index contributed by atoms with van der Waals surface area (Å²) in [5, 5.41) is 9.79. The number of hydrogen-bond donors (Lipinski definition) is 1. The third-order valence-electron chi connectivity index (χ3n) is 2.11. The van der Waals surface area contributed by atoms with Crippen LogP contribution in [0, 0.1) is 0 Å². The third kappa shape index (κ3) is 3.49. The van der Waals surface area contributed by atoms with Crippen LogP contribution in [0.5, 0.6) is 17.2 Å². The Bertz CT molecular complexity index is 439. The molecule has 18 heavy (non-hydrogen) atoms. The number of rotatable bonds is 7. The maximum absolute atomic E-state index is 11.4. The Labute approximate surface area is 106 Å². The van der Waals surface area contributed by atoms with Crippen LogP contribution in [-0.2, 0) is 4.74 Å². The minimum atomic E-state index is -0.287. The highest BCUT2D eigenvalue weighted by Gasteiger charge is 2.16. The van der Waals surface area contributed by atoms with Gasteiger partial charge < -0.3 is 19.3 Å². The van der Waals surface area contributed by atoms with E-state index in [-0.39, 0.29) is 36.2 Å². The lowest BCUT2D eigenvalue weighted by Crippen LogP contribution is -2.04. The van der Waals surface area contributed by atoms with Gasteiger partial charge in [0.15, 0.2) is 12.6 Å². The fourth-order valence-electron chi connectivity index (χ4n) is 1.40. The topological polar surface area (TPSA) is 65.0 Å². The molecule has 1 aromatic carbocycles. The highest BCUT2D eigenvalue weighted by Crippen LogP contribution is 2.33. The number of ketones is 1. The number of benzene rings is 1. The van der Waals surface area contributed by atoms with Gasteiger partial charge in [-0.1, -0.05) is 12.7 Å². The molecule has 0 heterocycles. The van der Waals surface area contributed by atoms with Crippen molar-refractivity contribution in [3.63, 3.8) is 0 Å².